The summed E-state index contributed by atoms with van der Waals surface area (Å²) in [6.45, 7) is 3.10. The molecule has 2 unspecified atom stereocenters. The molecule has 0 saturated heterocycles. The number of hydrogen-bond acceptors (Lipinski definition) is 5. The highest BCUT2D eigenvalue weighted by atomic mass is 32.2. The van der Waals surface area contributed by atoms with Gasteiger partial charge in [0.1, 0.15) is 0 Å². The van der Waals surface area contributed by atoms with E-state index in [1.165, 1.54) is 10.9 Å². The lowest BCUT2D eigenvalue weighted by molar-refractivity contribution is 0.0690. The van der Waals surface area contributed by atoms with Crippen LogP contribution in [0.4, 0.5) is 0 Å². The van der Waals surface area contributed by atoms with Crippen LogP contribution in [0, 0.1) is 0 Å². The minimum atomic E-state index is -1.08. The van der Waals surface area contributed by atoms with E-state index >= 15 is 0 Å². The van der Waals surface area contributed by atoms with E-state index in [9.17, 15) is 9.00 Å². The maximum atomic E-state index is 10.9. The van der Waals surface area contributed by atoms with Crippen molar-refractivity contribution in [2.24, 2.45) is 0 Å². The number of nitrogens with one attached hydrogen (secondary N) is 1. The first-order valence-corrected chi connectivity index (χ1v) is 6.88. The van der Waals surface area contributed by atoms with Crippen LogP contribution in [0.2, 0.25) is 0 Å². The largest absolute Gasteiger partial charge is 0.476 e. The summed E-state index contributed by atoms with van der Waals surface area (Å²) in [5, 5.41) is 19.0. The molecule has 17 heavy (non-hydrogen) atoms. The Labute approximate surface area is 102 Å². The number of carbonyl (C=O) groups is 1. The summed E-state index contributed by atoms with van der Waals surface area (Å²) in [5.74, 6) is -0.489. The molecule has 1 aromatic heterocycles. The summed E-state index contributed by atoms with van der Waals surface area (Å²) in [7, 11) is -0.821. The fraction of sp³-hybridized carbons (Fsp3) is 0.667. The third-order valence-corrected chi connectivity index (χ3v) is 3.05. The predicted octanol–water partition coefficient (Wildman–Crippen LogP) is -0.667. The van der Waals surface area contributed by atoms with Crippen molar-refractivity contribution in [3.63, 3.8) is 0 Å². The Morgan fingerprint density at radius 1 is 1.71 bits per heavy atom. The molecule has 0 fully saturated rings. The van der Waals surface area contributed by atoms with Crippen molar-refractivity contribution in [1.29, 1.82) is 0 Å². The fourth-order valence-corrected chi connectivity index (χ4v) is 2.16. The van der Waals surface area contributed by atoms with E-state index in [0.29, 0.717) is 18.8 Å². The number of rotatable bonds is 7. The van der Waals surface area contributed by atoms with Crippen LogP contribution >= 0.6 is 0 Å². The first-order valence-electron chi connectivity index (χ1n) is 5.16. The molecule has 2 atom stereocenters. The van der Waals surface area contributed by atoms with Gasteiger partial charge in [0, 0.05) is 35.4 Å². The van der Waals surface area contributed by atoms with Gasteiger partial charge >= 0.3 is 5.97 Å². The molecule has 0 saturated carbocycles. The molecule has 1 rings (SSSR count). The number of hydrogen-bond donors (Lipinski definition) is 2. The highest BCUT2D eigenvalue weighted by Crippen LogP contribution is 1.92. The Morgan fingerprint density at radius 3 is 2.94 bits per heavy atom. The van der Waals surface area contributed by atoms with Gasteiger partial charge < -0.3 is 10.4 Å². The zero-order chi connectivity index (χ0) is 12.8. The smallest absolute Gasteiger partial charge is 0.358 e. The highest BCUT2D eigenvalue weighted by molar-refractivity contribution is 7.84. The van der Waals surface area contributed by atoms with E-state index in [1.807, 2.05) is 6.92 Å². The second kappa shape index (κ2) is 6.45. The van der Waals surface area contributed by atoms with E-state index < -0.39 is 16.8 Å². The first-order chi connectivity index (χ1) is 7.99. The molecule has 0 spiro atoms. The molecule has 0 aliphatic rings. The number of aromatic carboxylic acids is 1. The standard InChI is InChI=1S/C9H16N4O3S/c1-7(6-17(2)16)10-3-4-13-5-8(9(14)15)11-12-13/h5,7,10H,3-4,6H2,1-2H3,(H,14,15). The number of nitrogens with zero attached hydrogens (tertiary/aromatic N) is 3. The van der Waals surface area contributed by atoms with Crippen LogP contribution < -0.4 is 5.32 Å². The molecule has 0 bridgehead atoms. The lowest BCUT2D eigenvalue weighted by atomic mass is 10.4. The number of carboxylic acid groups (broad SMARTS) is 1. The molecule has 1 aromatic rings. The Balaban J connectivity index is 2.30. The van der Waals surface area contributed by atoms with Crippen LogP contribution in [-0.4, -0.2) is 54.9 Å². The summed E-state index contributed by atoms with van der Waals surface area (Å²) < 4.78 is 12.4. The molecule has 7 nitrogen and oxygen atoms in total. The van der Waals surface area contributed by atoms with Crippen LogP contribution in [-0.2, 0) is 17.3 Å². The molecule has 0 aliphatic carbocycles. The van der Waals surface area contributed by atoms with Gasteiger partial charge in [-0.1, -0.05) is 5.21 Å². The minimum Gasteiger partial charge on any atom is -0.476 e. The molecule has 0 aliphatic heterocycles. The monoisotopic (exact) mass is 260 g/mol. The van der Waals surface area contributed by atoms with Crippen molar-refractivity contribution in [3.05, 3.63) is 11.9 Å². The van der Waals surface area contributed by atoms with Gasteiger partial charge in [-0.15, -0.1) is 5.10 Å². The lowest BCUT2D eigenvalue weighted by Crippen LogP contribution is -2.33. The SMILES string of the molecule is CC(CS(C)=O)NCCn1cc(C(=O)O)nn1. The average Bonchev–Trinajstić information content (AvgIpc) is 2.65. The quantitative estimate of drug-likeness (QED) is 0.675. The second-order valence-corrected chi connectivity index (χ2v) is 5.25. The van der Waals surface area contributed by atoms with Gasteiger partial charge in [0.05, 0.1) is 12.7 Å². The first kappa shape index (κ1) is 13.8. The van der Waals surface area contributed by atoms with Crippen molar-refractivity contribution in [3.8, 4) is 0 Å². The van der Waals surface area contributed by atoms with Gasteiger partial charge in [-0.25, -0.2) is 4.79 Å². The van der Waals surface area contributed by atoms with Crippen molar-refractivity contribution >= 4 is 16.8 Å². The van der Waals surface area contributed by atoms with Crippen LogP contribution in [0.15, 0.2) is 6.20 Å². The van der Waals surface area contributed by atoms with E-state index in [2.05, 4.69) is 15.6 Å². The lowest BCUT2D eigenvalue weighted by Gasteiger charge is -2.11. The summed E-state index contributed by atoms with van der Waals surface area (Å²) in [6.07, 6.45) is 3.04. The molecular weight excluding hydrogens is 244 g/mol. The van der Waals surface area contributed by atoms with Gasteiger partial charge in [-0.3, -0.25) is 8.89 Å². The molecule has 0 amide bonds. The summed E-state index contributed by atoms with van der Waals surface area (Å²) in [4.78, 5) is 10.6. The Morgan fingerprint density at radius 2 is 2.41 bits per heavy atom. The third kappa shape index (κ3) is 5.05. The fourth-order valence-electron chi connectivity index (χ4n) is 1.34. The van der Waals surface area contributed by atoms with Crippen molar-refractivity contribution in [2.45, 2.75) is 19.5 Å². The molecule has 0 aromatic carbocycles. The van der Waals surface area contributed by atoms with Crippen LogP contribution in [0.3, 0.4) is 0 Å². The maximum absolute atomic E-state index is 10.9. The van der Waals surface area contributed by atoms with Crippen molar-refractivity contribution < 1.29 is 14.1 Å². The highest BCUT2D eigenvalue weighted by Gasteiger charge is 2.08. The Kier molecular flexibility index (Phi) is 5.23. The van der Waals surface area contributed by atoms with Gasteiger partial charge in [-0.2, -0.15) is 0 Å². The minimum absolute atomic E-state index is 0.0623. The van der Waals surface area contributed by atoms with E-state index in [4.69, 9.17) is 5.11 Å². The average molecular weight is 260 g/mol. The van der Waals surface area contributed by atoms with Crippen molar-refractivity contribution in [1.82, 2.24) is 20.3 Å². The van der Waals surface area contributed by atoms with Crippen molar-refractivity contribution in [2.75, 3.05) is 18.6 Å². The summed E-state index contributed by atoms with van der Waals surface area (Å²) in [6, 6.07) is 0.156. The molecule has 1 heterocycles. The molecule has 0 radical (unpaired) electrons. The Hall–Kier alpha value is -1.28. The molecule has 2 N–H and O–H groups in total. The summed E-state index contributed by atoms with van der Waals surface area (Å²) >= 11 is 0. The summed E-state index contributed by atoms with van der Waals surface area (Å²) in [5.41, 5.74) is -0.0623. The van der Waals surface area contributed by atoms with Gasteiger partial charge in [0.25, 0.3) is 0 Å². The molecule has 96 valence electrons. The number of aromatic nitrogens is 3. The van der Waals surface area contributed by atoms with E-state index in [-0.39, 0.29) is 11.7 Å². The van der Waals surface area contributed by atoms with E-state index in [0.717, 1.165) is 0 Å². The van der Waals surface area contributed by atoms with Crippen LogP contribution in [0.1, 0.15) is 17.4 Å². The normalized spacial score (nSPS) is 14.5. The zero-order valence-electron chi connectivity index (χ0n) is 9.79. The zero-order valence-corrected chi connectivity index (χ0v) is 10.6. The predicted molar refractivity (Wildman–Crippen MR) is 63.4 cm³/mol. The third-order valence-electron chi connectivity index (χ3n) is 2.08. The molecular formula is C9H16N4O3S. The van der Waals surface area contributed by atoms with Crippen LogP contribution in [0.25, 0.3) is 0 Å². The van der Waals surface area contributed by atoms with Gasteiger partial charge in [0.15, 0.2) is 5.69 Å². The van der Waals surface area contributed by atoms with Gasteiger partial charge in [0.2, 0.25) is 0 Å². The Bertz CT molecular complexity index is 407. The maximum Gasteiger partial charge on any atom is 0.358 e. The van der Waals surface area contributed by atoms with Crippen LogP contribution in [0.5, 0.6) is 0 Å². The van der Waals surface area contributed by atoms with Gasteiger partial charge in [-0.05, 0) is 6.92 Å². The second-order valence-electron chi connectivity index (χ2n) is 3.77. The topological polar surface area (TPSA) is 97.1 Å². The van der Waals surface area contributed by atoms with E-state index in [1.54, 1.807) is 6.26 Å². The molecule has 8 heteroatoms. The number of carboxylic acids is 1.